The fourth-order valence-electron chi connectivity index (χ4n) is 2.49. The lowest BCUT2D eigenvalue weighted by atomic mass is 10.2. The molecule has 0 aliphatic heterocycles. The van der Waals surface area contributed by atoms with Gasteiger partial charge >= 0.3 is 0 Å². The number of sulfonamides is 1. The molecule has 0 saturated carbocycles. The molecule has 0 atom stereocenters. The Morgan fingerprint density at radius 2 is 1.81 bits per heavy atom. The van der Waals surface area contributed by atoms with Gasteiger partial charge in [0.25, 0.3) is 0 Å². The SMILES string of the molecule is CN=C(NCc1cccc(S(=O)(=O)NC)c1)N(C)Cc1cccc(F)c1.I. The quantitative estimate of drug-likeness (QED) is 0.359. The summed E-state index contributed by atoms with van der Waals surface area (Å²) in [6, 6.07) is 13.1. The topological polar surface area (TPSA) is 73.8 Å². The normalized spacial score (nSPS) is 11.6. The van der Waals surface area contributed by atoms with Gasteiger partial charge in [0.1, 0.15) is 5.82 Å². The van der Waals surface area contributed by atoms with Gasteiger partial charge in [-0.25, -0.2) is 17.5 Å². The van der Waals surface area contributed by atoms with Crippen LogP contribution in [0.25, 0.3) is 0 Å². The second kappa shape index (κ2) is 10.6. The number of hydrogen-bond acceptors (Lipinski definition) is 3. The van der Waals surface area contributed by atoms with Crippen molar-refractivity contribution in [2.24, 2.45) is 4.99 Å². The molecule has 9 heteroatoms. The third-order valence-corrected chi connectivity index (χ3v) is 5.22. The molecule has 0 spiro atoms. The van der Waals surface area contributed by atoms with Crippen molar-refractivity contribution in [3.8, 4) is 0 Å². The van der Waals surface area contributed by atoms with E-state index < -0.39 is 10.0 Å². The average Bonchev–Trinajstić information content (AvgIpc) is 2.62. The van der Waals surface area contributed by atoms with Crippen molar-refractivity contribution in [3.05, 3.63) is 65.5 Å². The van der Waals surface area contributed by atoms with E-state index in [9.17, 15) is 12.8 Å². The minimum Gasteiger partial charge on any atom is -0.352 e. The largest absolute Gasteiger partial charge is 0.352 e. The zero-order valence-electron chi connectivity index (χ0n) is 15.4. The number of aliphatic imine (C=N–C) groups is 1. The summed E-state index contributed by atoms with van der Waals surface area (Å²) in [5, 5.41) is 3.18. The Morgan fingerprint density at radius 1 is 1.15 bits per heavy atom. The molecule has 0 heterocycles. The van der Waals surface area contributed by atoms with E-state index in [1.807, 2.05) is 24.1 Å². The molecule has 0 saturated heterocycles. The molecule has 0 unspecified atom stereocenters. The highest BCUT2D eigenvalue weighted by Gasteiger charge is 2.12. The molecule has 148 valence electrons. The summed E-state index contributed by atoms with van der Waals surface area (Å²) in [5.41, 5.74) is 1.64. The van der Waals surface area contributed by atoms with Gasteiger partial charge in [0.15, 0.2) is 5.96 Å². The van der Waals surface area contributed by atoms with E-state index in [2.05, 4.69) is 15.0 Å². The van der Waals surface area contributed by atoms with Crippen LogP contribution in [0.1, 0.15) is 11.1 Å². The number of nitrogens with one attached hydrogen (secondary N) is 2. The van der Waals surface area contributed by atoms with Gasteiger partial charge in [-0.05, 0) is 42.4 Å². The molecule has 0 bridgehead atoms. The maximum atomic E-state index is 13.3. The Morgan fingerprint density at radius 3 is 2.44 bits per heavy atom. The molecule has 0 fully saturated rings. The predicted molar refractivity (Wildman–Crippen MR) is 116 cm³/mol. The highest BCUT2D eigenvalue weighted by Crippen LogP contribution is 2.11. The second-order valence-corrected chi connectivity index (χ2v) is 7.63. The first kappa shape index (κ1) is 23.3. The third-order valence-electron chi connectivity index (χ3n) is 3.81. The molecule has 6 nitrogen and oxygen atoms in total. The van der Waals surface area contributed by atoms with Crippen LogP contribution in [0.4, 0.5) is 4.39 Å². The number of hydrogen-bond donors (Lipinski definition) is 2. The summed E-state index contributed by atoms with van der Waals surface area (Å²) < 4.78 is 39.4. The van der Waals surface area contributed by atoms with Gasteiger partial charge in [-0.2, -0.15) is 0 Å². The van der Waals surface area contributed by atoms with E-state index in [1.165, 1.54) is 19.2 Å². The summed E-state index contributed by atoms with van der Waals surface area (Å²) >= 11 is 0. The standard InChI is InChI=1S/C18H23FN4O2S.HI/c1-20-18(23(3)13-15-7-4-8-16(19)10-15)22-12-14-6-5-9-17(11-14)26(24,25)21-2;/h4-11,21H,12-13H2,1-3H3,(H,20,22);1H. The molecule has 2 aromatic rings. The van der Waals surface area contributed by atoms with Crippen LogP contribution in [-0.2, 0) is 23.1 Å². The van der Waals surface area contributed by atoms with Gasteiger partial charge < -0.3 is 10.2 Å². The molecule has 2 N–H and O–H groups in total. The molecule has 0 radical (unpaired) electrons. The van der Waals surface area contributed by atoms with Crippen LogP contribution in [0.3, 0.4) is 0 Å². The van der Waals surface area contributed by atoms with Crippen LogP contribution in [0.5, 0.6) is 0 Å². The summed E-state index contributed by atoms with van der Waals surface area (Å²) in [5.74, 6) is 0.345. The van der Waals surface area contributed by atoms with Crippen molar-refractivity contribution >= 4 is 40.0 Å². The van der Waals surface area contributed by atoms with E-state index in [1.54, 1.807) is 31.3 Å². The Balaban J connectivity index is 0.00000364. The van der Waals surface area contributed by atoms with Gasteiger partial charge in [0.05, 0.1) is 4.90 Å². The van der Waals surface area contributed by atoms with Crippen LogP contribution >= 0.6 is 24.0 Å². The van der Waals surface area contributed by atoms with Crippen LogP contribution in [-0.4, -0.2) is 40.4 Å². The van der Waals surface area contributed by atoms with E-state index in [4.69, 9.17) is 0 Å². The number of guanidine groups is 1. The molecule has 0 amide bonds. The van der Waals surface area contributed by atoms with Crippen molar-refractivity contribution in [1.29, 1.82) is 0 Å². The highest BCUT2D eigenvalue weighted by molar-refractivity contribution is 14.0. The fourth-order valence-corrected chi connectivity index (χ4v) is 3.29. The van der Waals surface area contributed by atoms with Crippen LogP contribution in [0.2, 0.25) is 0 Å². The summed E-state index contributed by atoms with van der Waals surface area (Å²) in [7, 11) is 1.41. The molecule has 2 rings (SSSR count). The minimum absolute atomic E-state index is 0. The molecule has 0 aliphatic carbocycles. The van der Waals surface area contributed by atoms with Gasteiger partial charge in [0.2, 0.25) is 10.0 Å². The van der Waals surface area contributed by atoms with Crippen molar-refractivity contribution in [1.82, 2.24) is 14.9 Å². The lowest BCUT2D eigenvalue weighted by molar-refractivity contribution is 0.474. The van der Waals surface area contributed by atoms with E-state index in [0.29, 0.717) is 19.0 Å². The van der Waals surface area contributed by atoms with Crippen LogP contribution in [0.15, 0.2) is 58.4 Å². The molecular weight excluding hydrogens is 482 g/mol. The van der Waals surface area contributed by atoms with Gasteiger partial charge in [0, 0.05) is 27.2 Å². The molecule has 27 heavy (non-hydrogen) atoms. The number of nitrogens with zero attached hydrogens (tertiary/aromatic N) is 2. The number of benzene rings is 2. The summed E-state index contributed by atoms with van der Waals surface area (Å²) in [4.78, 5) is 6.29. The summed E-state index contributed by atoms with van der Waals surface area (Å²) in [6.07, 6.45) is 0. The Bertz CT molecular complexity index is 890. The minimum atomic E-state index is -3.48. The van der Waals surface area contributed by atoms with Crippen LogP contribution < -0.4 is 10.0 Å². The maximum Gasteiger partial charge on any atom is 0.240 e. The zero-order valence-corrected chi connectivity index (χ0v) is 18.6. The first-order chi connectivity index (χ1) is 12.4. The van der Waals surface area contributed by atoms with Crippen molar-refractivity contribution < 1.29 is 12.8 Å². The van der Waals surface area contributed by atoms with Gasteiger partial charge in [-0.1, -0.05) is 24.3 Å². The Kier molecular flexibility index (Phi) is 9.13. The third kappa shape index (κ3) is 6.74. The fraction of sp³-hybridized carbons (Fsp3) is 0.278. The predicted octanol–water partition coefficient (Wildman–Crippen LogP) is 2.56. The van der Waals surface area contributed by atoms with E-state index in [0.717, 1.165) is 11.1 Å². The molecular formula is C18H24FIN4O2S. The highest BCUT2D eigenvalue weighted by atomic mass is 127. The zero-order chi connectivity index (χ0) is 19.2. The molecule has 0 aliphatic rings. The number of halogens is 2. The molecule has 0 aromatic heterocycles. The average molecular weight is 506 g/mol. The molecule has 2 aromatic carbocycles. The second-order valence-electron chi connectivity index (χ2n) is 5.74. The first-order valence-electron chi connectivity index (χ1n) is 8.04. The monoisotopic (exact) mass is 506 g/mol. The van der Waals surface area contributed by atoms with E-state index >= 15 is 0 Å². The summed E-state index contributed by atoms with van der Waals surface area (Å²) in [6.45, 7) is 0.902. The smallest absolute Gasteiger partial charge is 0.240 e. The first-order valence-corrected chi connectivity index (χ1v) is 9.52. The lowest BCUT2D eigenvalue weighted by Crippen LogP contribution is -2.38. The Labute approximate surface area is 177 Å². The van der Waals surface area contributed by atoms with Gasteiger partial charge in [-0.3, -0.25) is 4.99 Å². The Hall–Kier alpha value is -1.72. The van der Waals surface area contributed by atoms with Crippen LogP contribution in [0, 0.1) is 5.82 Å². The lowest BCUT2D eigenvalue weighted by Gasteiger charge is -2.22. The maximum absolute atomic E-state index is 13.3. The van der Waals surface area contributed by atoms with Crippen molar-refractivity contribution in [2.75, 3.05) is 21.1 Å². The van der Waals surface area contributed by atoms with Crippen molar-refractivity contribution in [3.63, 3.8) is 0 Å². The van der Waals surface area contributed by atoms with E-state index in [-0.39, 0.29) is 34.7 Å². The number of rotatable bonds is 6. The van der Waals surface area contributed by atoms with Crippen molar-refractivity contribution in [2.45, 2.75) is 18.0 Å². The van der Waals surface area contributed by atoms with Gasteiger partial charge in [-0.15, -0.1) is 24.0 Å².